The molecule has 1 aliphatic heterocycles. The maximum absolute atomic E-state index is 12.2. The van der Waals surface area contributed by atoms with E-state index in [-0.39, 0.29) is 5.91 Å². The van der Waals surface area contributed by atoms with Gasteiger partial charge in [-0.3, -0.25) is 4.79 Å². The van der Waals surface area contributed by atoms with Crippen LogP contribution in [0.5, 0.6) is 0 Å². The summed E-state index contributed by atoms with van der Waals surface area (Å²) in [6, 6.07) is 6.20. The van der Waals surface area contributed by atoms with Gasteiger partial charge in [-0.25, -0.2) is 4.79 Å². The van der Waals surface area contributed by atoms with Gasteiger partial charge in [-0.15, -0.1) is 0 Å². The van der Waals surface area contributed by atoms with Crippen molar-refractivity contribution in [3.05, 3.63) is 35.4 Å². The van der Waals surface area contributed by atoms with Gasteiger partial charge in [0.2, 0.25) is 0 Å². The van der Waals surface area contributed by atoms with Gasteiger partial charge < -0.3 is 14.7 Å². The van der Waals surface area contributed by atoms with Gasteiger partial charge in [0, 0.05) is 12.1 Å². The van der Waals surface area contributed by atoms with Crippen molar-refractivity contribution in [3.8, 4) is 0 Å². The molecule has 0 radical (unpaired) electrons. The Morgan fingerprint density at radius 2 is 2.11 bits per heavy atom. The van der Waals surface area contributed by atoms with Crippen LogP contribution in [0.25, 0.3) is 0 Å². The molecule has 1 heterocycles. The van der Waals surface area contributed by atoms with Gasteiger partial charge >= 0.3 is 5.97 Å². The van der Waals surface area contributed by atoms with Gasteiger partial charge in [0.1, 0.15) is 0 Å². The third-order valence-electron chi connectivity index (χ3n) is 3.08. The molecule has 1 aromatic rings. The summed E-state index contributed by atoms with van der Waals surface area (Å²) in [6.45, 7) is 1.79. The van der Waals surface area contributed by atoms with E-state index in [4.69, 9.17) is 0 Å². The maximum Gasteiger partial charge on any atom is 0.331 e. The minimum Gasteiger partial charge on any atom is -0.467 e. The highest BCUT2D eigenvalue weighted by Crippen LogP contribution is 2.25. The number of fused-ring (bicyclic) bond motifs is 1. The Morgan fingerprint density at radius 1 is 1.44 bits per heavy atom. The van der Waals surface area contributed by atoms with Crippen molar-refractivity contribution in [2.24, 2.45) is 0 Å². The van der Waals surface area contributed by atoms with Crippen molar-refractivity contribution in [2.45, 2.75) is 25.6 Å². The quantitative estimate of drug-likeness (QED) is 0.795. The van der Waals surface area contributed by atoms with Gasteiger partial charge in [0.25, 0.3) is 5.91 Å². The number of carbonyl (C=O) groups excluding carboxylic acids is 2. The average Bonchev–Trinajstić information content (AvgIpc) is 2.67. The number of ether oxygens (including phenoxy) is 1. The molecule has 2 atom stereocenters. The minimum absolute atomic E-state index is 0.248. The first-order valence-corrected chi connectivity index (χ1v) is 5.71. The van der Waals surface area contributed by atoms with E-state index in [9.17, 15) is 14.7 Å². The van der Waals surface area contributed by atoms with E-state index in [1.165, 1.54) is 18.9 Å². The smallest absolute Gasteiger partial charge is 0.331 e. The maximum atomic E-state index is 12.2. The lowest BCUT2D eigenvalue weighted by Crippen LogP contribution is -2.48. The number of nitrogens with zero attached hydrogens (tertiary/aromatic N) is 1. The Morgan fingerprint density at radius 3 is 2.67 bits per heavy atom. The fourth-order valence-electron chi connectivity index (χ4n) is 2.21. The first-order chi connectivity index (χ1) is 8.56. The van der Waals surface area contributed by atoms with Crippen LogP contribution in [0.15, 0.2) is 24.3 Å². The number of hydrogen-bond acceptors (Lipinski definition) is 4. The molecule has 96 valence electrons. The van der Waals surface area contributed by atoms with Crippen LogP contribution in [-0.4, -0.2) is 41.1 Å². The number of hydrogen-bond donors (Lipinski definition) is 1. The lowest BCUT2D eigenvalue weighted by molar-refractivity contribution is -0.149. The number of benzene rings is 1. The second kappa shape index (κ2) is 4.78. The molecule has 0 saturated carbocycles. The van der Waals surface area contributed by atoms with E-state index in [1.807, 2.05) is 12.1 Å². The zero-order chi connectivity index (χ0) is 13.3. The molecule has 0 fully saturated rings. The van der Waals surface area contributed by atoms with E-state index in [2.05, 4.69) is 4.74 Å². The molecule has 5 nitrogen and oxygen atoms in total. The van der Waals surface area contributed by atoms with Gasteiger partial charge in [-0.05, 0) is 18.6 Å². The Labute approximate surface area is 105 Å². The van der Waals surface area contributed by atoms with Crippen molar-refractivity contribution in [1.29, 1.82) is 0 Å². The Bertz CT molecular complexity index is 484. The molecule has 0 unspecified atom stereocenters. The third kappa shape index (κ3) is 1.97. The Kier molecular flexibility index (Phi) is 3.34. The van der Waals surface area contributed by atoms with Gasteiger partial charge in [-0.2, -0.15) is 0 Å². The van der Waals surface area contributed by atoms with Gasteiger partial charge in [-0.1, -0.05) is 18.2 Å². The molecule has 0 bridgehead atoms. The third-order valence-corrected chi connectivity index (χ3v) is 3.08. The van der Waals surface area contributed by atoms with Crippen molar-refractivity contribution >= 4 is 11.9 Å². The van der Waals surface area contributed by atoms with Gasteiger partial charge in [0.15, 0.2) is 6.04 Å². The Hall–Kier alpha value is -1.88. The monoisotopic (exact) mass is 249 g/mol. The summed E-state index contributed by atoms with van der Waals surface area (Å²) in [5, 5.41) is 9.68. The average molecular weight is 249 g/mol. The highest BCUT2D eigenvalue weighted by atomic mass is 16.5. The molecule has 2 rings (SSSR count). The van der Waals surface area contributed by atoms with Crippen LogP contribution in [-0.2, 0) is 16.1 Å². The van der Waals surface area contributed by atoms with Crippen molar-refractivity contribution in [2.75, 3.05) is 7.11 Å². The zero-order valence-electron chi connectivity index (χ0n) is 10.3. The molecule has 0 spiro atoms. The largest absolute Gasteiger partial charge is 0.467 e. The van der Waals surface area contributed by atoms with E-state index >= 15 is 0 Å². The zero-order valence-corrected chi connectivity index (χ0v) is 10.3. The fraction of sp³-hybridized carbons (Fsp3) is 0.385. The summed E-state index contributed by atoms with van der Waals surface area (Å²) >= 11 is 0. The standard InChI is InChI=1S/C13H15NO4/c1-8(15)11(13(17)18-2)14-7-9-5-3-4-6-10(9)12(14)16/h3-6,8,11,15H,7H2,1-2H3/t8-,11+/m0/s1. The number of aliphatic hydroxyl groups is 1. The first-order valence-electron chi connectivity index (χ1n) is 5.71. The van der Waals surface area contributed by atoms with Crippen molar-refractivity contribution in [3.63, 3.8) is 0 Å². The number of aliphatic hydroxyl groups excluding tert-OH is 1. The van der Waals surface area contributed by atoms with Crippen LogP contribution in [0.2, 0.25) is 0 Å². The van der Waals surface area contributed by atoms with Crippen molar-refractivity contribution < 1.29 is 19.4 Å². The summed E-state index contributed by atoms with van der Waals surface area (Å²) in [5.41, 5.74) is 1.43. The minimum atomic E-state index is -0.976. The van der Waals surface area contributed by atoms with E-state index in [0.29, 0.717) is 12.1 Å². The predicted octanol–water partition coefficient (Wildman–Crippen LogP) is 0.565. The summed E-state index contributed by atoms with van der Waals surface area (Å²) in [7, 11) is 1.24. The van der Waals surface area contributed by atoms with Crippen LogP contribution >= 0.6 is 0 Å². The lowest BCUT2D eigenvalue weighted by atomic mass is 10.1. The summed E-state index contributed by atoms with van der Waals surface area (Å²) < 4.78 is 4.64. The molecule has 18 heavy (non-hydrogen) atoms. The Balaban J connectivity index is 2.31. The first kappa shape index (κ1) is 12.6. The van der Waals surface area contributed by atoms with E-state index in [1.54, 1.807) is 12.1 Å². The molecular formula is C13H15NO4. The van der Waals surface area contributed by atoms with E-state index < -0.39 is 18.1 Å². The van der Waals surface area contributed by atoms with Crippen molar-refractivity contribution in [1.82, 2.24) is 4.90 Å². The molecule has 1 aliphatic rings. The molecule has 1 aromatic carbocycles. The lowest BCUT2D eigenvalue weighted by Gasteiger charge is -2.27. The van der Waals surface area contributed by atoms with Gasteiger partial charge in [0.05, 0.1) is 13.2 Å². The van der Waals surface area contributed by atoms with E-state index in [0.717, 1.165) is 5.56 Å². The van der Waals surface area contributed by atoms with Crippen LogP contribution in [0.4, 0.5) is 0 Å². The second-order valence-electron chi connectivity index (χ2n) is 4.30. The topological polar surface area (TPSA) is 66.8 Å². The molecule has 0 saturated heterocycles. The number of amides is 1. The summed E-state index contributed by atoms with van der Waals surface area (Å²) in [5.74, 6) is -0.854. The fourth-order valence-corrected chi connectivity index (χ4v) is 2.21. The van der Waals surface area contributed by atoms with Crippen LogP contribution in [0.3, 0.4) is 0 Å². The number of esters is 1. The molecule has 0 aromatic heterocycles. The second-order valence-corrected chi connectivity index (χ2v) is 4.30. The predicted molar refractivity (Wildman–Crippen MR) is 63.8 cm³/mol. The number of rotatable bonds is 3. The number of carbonyl (C=O) groups is 2. The molecule has 1 N–H and O–H groups in total. The highest BCUT2D eigenvalue weighted by Gasteiger charge is 2.39. The van der Waals surface area contributed by atoms with Crippen LogP contribution in [0, 0.1) is 0 Å². The number of methoxy groups -OCH3 is 1. The molecule has 1 amide bonds. The SMILES string of the molecule is COC(=O)[C@@H]([C@H](C)O)N1Cc2ccccc2C1=O. The molecule has 0 aliphatic carbocycles. The normalized spacial score (nSPS) is 17.3. The molecule has 5 heteroatoms. The summed E-state index contributed by atoms with van der Waals surface area (Å²) in [4.78, 5) is 25.2. The summed E-state index contributed by atoms with van der Waals surface area (Å²) in [6.07, 6.45) is -0.976. The van der Waals surface area contributed by atoms with Crippen LogP contribution in [0.1, 0.15) is 22.8 Å². The molecular weight excluding hydrogens is 234 g/mol. The highest BCUT2D eigenvalue weighted by molar-refractivity contribution is 6.00. The van der Waals surface area contributed by atoms with Crippen LogP contribution < -0.4 is 0 Å².